The molecule has 2 rings (SSSR count). The van der Waals surface area contributed by atoms with Crippen LogP contribution in [0.4, 0.5) is 5.82 Å². The summed E-state index contributed by atoms with van der Waals surface area (Å²) in [5.41, 5.74) is 2.50. The molecule has 1 heterocycles. The first-order chi connectivity index (χ1) is 9.79. The van der Waals surface area contributed by atoms with Crippen LogP contribution in [0.25, 0.3) is 5.69 Å². The number of amides is 1. The second kappa shape index (κ2) is 5.61. The molecule has 0 saturated carbocycles. The lowest BCUT2D eigenvalue weighted by Crippen LogP contribution is -2.15. The standard InChI is InChI=1S/C15H16ClN3O2/c1-8(2)15(21)17-12-7-13(20)19(18-12)14-10(4)5-9(3)6-11(14)16/h5-7,18H,1H2,2-4H3,(H,17,21). The number of anilines is 1. The maximum absolute atomic E-state index is 12.1. The lowest BCUT2D eigenvalue weighted by molar-refractivity contribution is -0.112. The Hall–Kier alpha value is -2.27. The van der Waals surface area contributed by atoms with Gasteiger partial charge in [-0.05, 0) is 38.0 Å². The molecule has 0 unspecified atom stereocenters. The summed E-state index contributed by atoms with van der Waals surface area (Å²) >= 11 is 6.23. The number of hydrogen-bond acceptors (Lipinski definition) is 2. The van der Waals surface area contributed by atoms with Gasteiger partial charge in [0, 0.05) is 11.6 Å². The number of rotatable bonds is 3. The Balaban J connectivity index is 2.48. The molecular weight excluding hydrogens is 290 g/mol. The summed E-state index contributed by atoms with van der Waals surface area (Å²) in [7, 11) is 0. The summed E-state index contributed by atoms with van der Waals surface area (Å²) in [6.45, 7) is 8.93. The van der Waals surface area contributed by atoms with Crippen molar-refractivity contribution in [1.82, 2.24) is 9.78 Å². The van der Waals surface area contributed by atoms with Gasteiger partial charge in [0.1, 0.15) is 5.82 Å². The summed E-state index contributed by atoms with van der Waals surface area (Å²) in [6, 6.07) is 5.01. The summed E-state index contributed by atoms with van der Waals surface area (Å²) in [6.07, 6.45) is 0. The number of carbonyl (C=O) groups excluding carboxylic acids is 1. The molecule has 5 nitrogen and oxygen atoms in total. The van der Waals surface area contributed by atoms with Crippen molar-refractivity contribution in [2.24, 2.45) is 0 Å². The third kappa shape index (κ3) is 3.08. The van der Waals surface area contributed by atoms with Crippen LogP contribution in [0.1, 0.15) is 18.1 Å². The molecule has 1 amide bonds. The molecule has 1 aromatic heterocycles. The minimum atomic E-state index is -0.352. The Morgan fingerprint density at radius 3 is 2.57 bits per heavy atom. The van der Waals surface area contributed by atoms with Gasteiger partial charge in [0.15, 0.2) is 0 Å². The Morgan fingerprint density at radius 2 is 2.00 bits per heavy atom. The highest BCUT2D eigenvalue weighted by Crippen LogP contribution is 2.24. The van der Waals surface area contributed by atoms with E-state index in [4.69, 9.17) is 11.6 Å². The Kier molecular flexibility index (Phi) is 4.04. The van der Waals surface area contributed by atoms with E-state index in [1.54, 1.807) is 13.0 Å². The number of H-pyrrole nitrogens is 1. The van der Waals surface area contributed by atoms with Crippen LogP contribution in [0.2, 0.25) is 5.02 Å². The number of aromatic amines is 1. The fraction of sp³-hybridized carbons (Fsp3) is 0.200. The maximum Gasteiger partial charge on any atom is 0.273 e. The normalized spacial score (nSPS) is 10.5. The highest BCUT2D eigenvalue weighted by Gasteiger charge is 2.13. The van der Waals surface area contributed by atoms with Gasteiger partial charge in [0.25, 0.3) is 11.5 Å². The van der Waals surface area contributed by atoms with Crippen LogP contribution in [0.15, 0.2) is 35.1 Å². The van der Waals surface area contributed by atoms with E-state index in [1.165, 1.54) is 10.7 Å². The molecule has 2 N–H and O–H groups in total. The fourth-order valence-electron chi connectivity index (χ4n) is 2.05. The number of benzene rings is 1. The smallest absolute Gasteiger partial charge is 0.273 e. The number of halogens is 1. The van der Waals surface area contributed by atoms with E-state index >= 15 is 0 Å². The Labute approximate surface area is 127 Å². The van der Waals surface area contributed by atoms with Gasteiger partial charge in [-0.15, -0.1) is 0 Å². The predicted molar refractivity (Wildman–Crippen MR) is 84.3 cm³/mol. The van der Waals surface area contributed by atoms with Gasteiger partial charge in [-0.25, -0.2) is 4.68 Å². The molecule has 0 radical (unpaired) electrons. The van der Waals surface area contributed by atoms with Gasteiger partial charge >= 0.3 is 0 Å². The molecule has 6 heteroatoms. The minimum absolute atomic E-state index is 0.295. The van der Waals surface area contributed by atoms with E-state index in [9.17, 15) is 9.59 Å². The molecular formula is C15H16ClN3O2. The van der Waals surface area contributed by atoms with Gasteiger partial charge in [-0.2, -0.15) is 0 Å². The quantitative estimate of drug-likeness (QED) is 0.856. The van der Waals surface area contributed by atoms with Crippen molar-refractivity contribution in [3.05, 3.63) is 56.9 Å². The minimum Gasteiger partial charge on any atom is -0.307 e. The van der Waals surface area contributed by atoms with Crippen molar-refractivity contribution in [2.75, 3.05) is 5.32 Å². The van der Waals surface area contributed by atoms with Gasteiger partial charge in [0.2, 0.25) is 0 Å². The second-order valence-electron chi connectivity index (χ2n) is 4.99. The van der Waals surface area contributed by atoms with Crippen molar-refractivity contribution in [1.29, 1.82) is 0 Å². The zero-order valence-corrected chi connectivity index (χ0v) is 12.8. The third-order valence-electron chi connectivity index (χ3n) is 2.98. The van der Waals surface area contributed by atoms with Gasteiger partial charge in [-0.1, -0.05) is 24.2 Å². The van der Waals surface area contributed by atoms with Gasteiger partial charge in [-0.3, -0.25) is 14.7 Å². The molecule has 0 fully saturated rings. The van der Waals surface area contributed by atoms with Crippen molar-refractivity contribution >= 4 is 23.3 Å². The number of hydrogen-bond donors (Lipinski definition) is 2. The first-order valence-corrected chi connectivity index (χ1v) is 6.73. The average Bonchev–Trinajstić information content (AvgIpc) is 2.68. The van der Waals surface area contributed by atoms with E-state index in [0.717, 1.165) is 11.1 Å². The molecule has 0 saturated heterocycles. The van der Waals surface area contributed by atoms with Gasteiger partial charge < -0.3 is 5.32 Å². The Morgan fingerprint density at radius 1 is 1.33 bits per heavy atom. The third-order valence-corrected chi connectivity index (χ3v) is 3.27. The zero-order valence-electron chi connectivity index (χ0n) is 12.1. The van der Waals surface area contributed by atoms with Crippen LogP contribution in [-0.2, 0) is 4.79 Å². The van der Waals surface area contributed by atoms with E-state index < -0.39 is 0 Å². The summed E-state index contributed by atoms with van der Waals surface area (Å²) in [5.74, 6) is -0.0563. The van der Waals surface area contributed by atoms with Crippen LogP contribution >= 0.6 is 11.6 Å². The number of aryl methyl sites for hydroxylation is 2. The highest BCUT2D eigenvalue weighted by atomic mass is 35.5. The lowest BCUT2D eigenvalue weighted by Gasteiger charge is -2.10. The van der Waals surface area contributed by atoms with Crippen LogP contribution < -0.4 is 10.9 Å². The zero-order chi connectivity index (χ0) is 15.7. The average molecular weight is 306 g/mol. The molecule has 0 aliphatic rings. The maximum atomic E-state index is 12.1. The first kappa shape index (κ1) is 15.1. The molecule has 0 aliphatic heterocycles. The van der Waals surface area contributed by atoms with Crippen molar-refractivity contribution in [3.8, 4) is 5.69 Å². The number of carbonyl (C=O) groups is 1. The Bertz CT molecular complexity index is 763. The topological polar surface area (TPSA) is 66.9 Å². The van der Waals surface area contributed by atoms with E-state index in [2.05, 4.69) is 17.0 Å². The molecule has 0 atom stereocenters. The van der Waals surface area contributed by atoms with E-state index in [0.29, 0.717) is 22.1 Å². The largest absolute Gasteiger partial charge is 0.307 e. The lowest BCUT2D eigenvalue weighted by atomic mass is 10.1. The number of nitrogens with zero attached hydrogens (tertiary/aromatic N) is 1. The van der Waals surface area contributed by atoms with Crippen molar-refractivity contribution in [3.63, 3.8) is 0 Å². The molecule has 0 aliphatic carbocycles. The number of aromatic nitrogens is 2. The monoisotopic (exact) mass is 305 g/mol. The van der Waals surface area contributed by atoms with Crippen LogP contribution in [0.3, 0.4) is 0 Å². The summed E-state index contributed by atoms with van der Waals surface area (Å²) in [4.78, 5) is 23.7. The summed E-state index contributed by atoms with van der Waals surface area (Å²) in [5, 5.41) is 5.86. The molecule has 0 spiro atoms. The molecule has 1 aromatic carbocycles. The van der Waals surface area contributed by atoms with Crippen molar-refractivity contribution in [2.45, 2.75) is 20.8 Å². The molecule has 21 heavy (non-hydrogen) atoms. The fourth-order valence-corrected chi connectivity index (χ4v) is 2.45. The molecule has 2 aromatic rings. The van der Waals surface area contributed by atoms with E-state index in [1.807, 2.05) is 19.9 Å². The van der Waals surface area contributed by atoms with E-state index in [-0.39, 0.29) is 11.5 Å². The SMILES string of the molecule is C=C(C)C(=O)Nc1cc(=O)n(-c2c(C)cc(C)cc2Cl)[nH]1. The van der Waals surface area contributed by atoms with Gasteiger partial charge in [0.05, 0.1) is 10.7 Å². The van der Waals surface area contributed by atoms with Crippen LogP contribution in [0.5, 0.6) is 0 Å². The summed E-state index contributed by atoms with van der Waals surface area (Å²) < 4.78 is 1.31. The van der Waals surface area contributed by atoms with Crippen LogP contribution in [0, 0.1) is 13.8 Å². The molecule has 0 bridgehead atoms. The van der Waals surface area contributed by atoms with Crippen LogP contribution in [-0.4, -0.2) is 15.7 Å². The predicted octanol–water partition coefficient (Wildman–Crippen LogP) is 2.95. The number of nitrogens with one attached hydrogen (secondary N) is 2. The second-order valence-corrected chi connectivity index (χ2v) is 5.40. The molecule has 110 valence electrons. The van der Waals surface area contributed by atoms with Crippen molar-refractivity contribution < 1.29 is 4.79 Å². The highest BCUT2D eigenvalue weighted by molar-refractivity contribution is 6.32. The first-order valence-electron chi connectivity index (χ1n) is 6.35.